The molecule has 23 nitrogen and oxygen atoms in total. The lowest BCUT2D eigenvalue weighted by atomic mass is 9.98. The van der Waals surface area contributed by atoms with Gasteiger partial charge in [-0.3, -0.25) is 0 Å². The van der Waals surface area contributed by atoms with Gasteiger partial charge in [0.2, 0.25) is 12.1 Å². The van der Waals surface area contributed by atoms with Crippen molar-refractivity contribution in [2.24, 2.45) is 0 Å². The number of carbonyl (C=O) groups is 2. The highest BCUT2D eigenvalue weighted by molar-refractivity contribution is 6.32. The molecule has 4 aromatic rings. The number of fused-ring (bicyclic) bond motifs is 1. The number of hydrogen-bond acceptors (Lipinski definition) is 19. The van der Waals surface area contributed by atoms with Gasteiger partial charge in [-0.25, -0.2) is 14.6 Å². The molecule has 0 aliphatic carbocycles. The Hall–Kier alpha value is -6.01. The molecule has 2 saturated heterocycles. The molecule has 0 saturated carbocycles. The molecule has 2 fully saturated rings. The standard InChI is InChI=1S/C36H41ClN8O15/c1-3-4-9-29-38-33(37)30(43(29)16-22-10-12-23(13-11-22)25-7-5-6-8-26(25)34-39-41-42-40-34)35(46)57-21(2)58-36(47)59-28-20-55-31-27(19-54-32(28)31)53-15-14-52-17-24(60-45(50)51)18-56-44(48)49/h5-8,10-13,21,24,27-28,31-32H,3-4,9,14-20H2,1-2H3,(H,39,40,41,42)/t21?,24-,27-,28-,31?,32?/m0/s1. The summed E-state index contributed by atoms with van der Waals surface area (Å²) in [4.78, 5) is 60.3. The molecule has 24 heteroatoms. The van der Waals surface area contributed by atoms with Gasteiger partial charge in [-0.15, -0.1) is 30.4 Å². The second-order valence-electron chi connectivity index (χ2n) is 13.4. The van der Waals surface area contributed by atoms with Gasteiger partial charge in [0.15, 0.2) is 23.1 Å². The Labute approximate surface area is 345 Å². The van der Waals surface area contributed by atoms with Crippen molar-refractivity contribution in [1.82, 2.24) is 30.2 Å². The monoisotopic (exact) mass is 860 g/mol. The summed E-state index contributed by atoms with van der Waals surface area (Å²) in [5.41, 5.74) is 3.49. The summed E-state index contributed by atoms with van der Waals surface area (Å²) >= 11 is 6.54. The van der Waals surface area contributed by atoms with Gasteiger partial charge in [0.1, 0.15) is 30.7 Å². The molecule has 1 N–H and O–H groups in total. The van der Waals surface area contributed by atoms with Crippen LogP contribution in [0, 0.1) is 20.2 Å². The molecule has 0 radical (unpaired) electrons. The summed E-state index contributed by atoms with van der Waals surface area (Å²) in [7, 11) is 0. The van der Waals surface area contributed by atoms with Crippen molar-refractivity contribution in [1.29, 1.82) is 0 Å². The number of hydrogen-bond donors (Lipinski definition) is 1. The van der Waals surface area contributed by atoms with Crippen LogP contribution in [0.5, 0.6) is 0 Å². The minimum atomic E-state index is -1.39. The third-order valence-electron chi connectivity index (χ3n) is 9.28. The molecule has 2 aromatic carbocycles. The molecule has 0 amide bonds. The molecule has 0 spiro atoms. The van der Waals surface area contributed by atoms with Crippen LogP contribution in [0.3, 0.4) is 0 Å². The average Bonchev–Trinajstić information content (AvgIpc) is 4.03. The van der Waals surface area contributed by atoms with E-state index in [1.807, 2.05) is 55.5 Å². The van der Waals surface area contributed by atoms with Gasteiger partial charge in [-0.2, -0.15) is 5.21 Å². The molecule has 2 aliphatic rings. The van der Waals surface area contributed by atoms with Crippen molar-refractivity contribution in [3.05, 3.63) is 91.0 Å². The first-order chi connectivity index (χ1) is 29.0. The van der Waals surface area contributed by atoms with Crippen LogP contribution >= 0.6 is 11.6 Å². The number of rotatable bonds is 22. The predicted octanol–water partition coefficient (Wildman–Crippen LogP) is 3.78. The van der Waals surface area contributed by atoms with Gasteiger partial charge in [-0.1, -0.05) is 73.5 Å². The van der Waals surface area contributed by atoms with Gasteiger partial charge >= 0.3 is 12.1 Å². The number of carbonyl (C=O) groups excluding carboxylic acids is 2. The van der Waals surface area contributed by atoms with E-state index in [0.717, 1.165) is 35.1 Å². The van der Waals surface area contributed by atoms with Gasteiger partial charge in [-0.05, 0) is 28.3 Å². The van der Waals surface area contributed by atoms with Crippen molar-refractivity contribution < 1.29 is 62.6 Å². The van der Waals surface area contributed by atoms with Crippen LogP contribution < -0.4 is 0 Å². The SMILES string of the molecule is CCCCc1nc(Cl)c(C(=O)OC(C)OC(=O)O[C@H]2COC3C2OC[C@@H]3OCCOC[C@@H](CO[N+](=O)[O-])O[N+](=O)[O-])n1Cc1ccc(-c2ccccc2-c2nn[nH]n2)cc1. The summed E-state index contributed by atoms with van der Waals surface area (Å²) < 4.78 is 40.5. The van der Waals surface area contributed by atoms with Gasteiger partial charge in [0, 0.05) is 25.5 Å². The smallest absolute Gasteiger partial charge is 0.426 e. The maximum Gasteiger partial charge on any atom is 0.511 e. The Kier molecular flexibility index (Phi) is 15.1. The second kappa shape index (κ2) is 20.8. The minimum absolute atomic E-state index is 0.00508. The highest BCUT2D eigenvalue weighted by Crippen LogP contribution is 2.32. The third kappa shape index (κ3) is 11.4. The maximum atomic E-state index is 13.6. The fourth-order valence-corrected chi connectivity index (χ4v) is 6.85. The average molecular weight is 861 g/mol. The zero-order chi connectivity index (χ0) is 42.6. The number of nitrogens with zero attached hydrogens (tertiary/aromatic N) is 7. The summed E-state index contributed by atoms with van der Waals surface area (Å²) in [6, 6.07) is 15.5. The molecule has 2 aromatic heterocycles. The van der Waals surface area contributed by atoms with E-state index in [9.17, 15) is 29.8 Å². The van der Waals surface area contributed by atoms with Crippen LogP contribution in [0.25, 0.3) is 22.5 Å². The zero-order valence-corrected chi connectivity index (χ0v) is 33.0. The quantitative estimate of drug-likeness (QED) is 0.0387. The Morgan fingerprint density at radius 1 is 0.983 bits per heavy atom. The Balaban J connectivity index is 0.997. The zero-order valence-electron chi connectivity index (χ0n) is 32.3. The first kappa shape index (κ1) is 43.6. The molecule has 2 aliphatic heterocycles. The molecule has 0 bridgehead atoms. The van der Waals surface area contributed by atoms with E-state index >= 15 is 0 Å². The Morgan fingerprint density at radius 2 is 1.72 bits per heavy atom. The topological polar surface area (TPSA) is 276 Å². The molecule has 322 valence electrons. The summed E-state index contributed by atoms with van der Waals surface area (Å²) in [6.07, 6.45) is -4.35. The van der Waals surface area contributed by atoms with Crippen LogP contribution in [-0.2, 0) is 55.8 Å². The van der Waals surface area contributed by atoms with Crippen LogP contribution in [0.1, 0.15) is 48.6 Å². The van der Waals surface area contributed by atoms with E-state index in [0.29, 0.717) is 18.1 Å². The lowest BCUT2D eigenvalue weighted by Gasteiger charge is -2.19. The highest BCUT2D eigenvalue weighted by Gasteiger charge is 2.50. The highest BCUT2D eigenvalue weighted by atomic mass is 35.5. The van der Waals surface area contributed by atoms with E-state index in [2.05, 4.69) is 35.3 Å². The molecule has 6 rings (SSSR count). The number of halogens is 1. The summed E-state index contributed by atoms with van der Waals surface area (Å²) in [6.45, 7) is 2.57. The number of ether oxygens (including phenoxy) is 7. The Bertz CT molecular complexity index is 2070. The number of imidazole rings is 1. The number of unbranched alkanes of at least 4 members (excludes halogenated alkanes) is 1. The number of benzene rings is 2. The normalized spacial score (nSPS) is 19.2. The molecule has 4 heterocycles. The lowest BCUT2D eigenvalue weighted by Crippen LogP contribution is -2.36. The Morgan fingerprint density at radius 3 is 2.42 bits per heavy atom. The largest absolute Gasteiger partial charge is 0.511 e. The number of aromatic amines is 1. The van der Waals surface area contributed by atoms with E-state index in [1.54, 1.807) is 4.57 Å². The molecular formula is C36H41ClN8O15. The number of aromatic nitrogens is 6. The number of tetrazole rings is 1. The van der Waals surface area contributed by atoms with E-state index in [1.165, 1.54) is 6.92 Å². The first-order valence-corrected chi connectivity index (χ1v) is 19.1. The van der Waals surface area contributed by atoms with E-state index in [4.69, 9.17) is 44.8 Å². The fraction of sp³-hybridized carbons (Fsp3) is 0.500. The summed E-state index contributed by atoms with van der Waals surface area (Å²) in [5.74, 6) is 0.194. The van der Waals surface area contributed by atoms with Crippen LogP contribution in [0.4, 0.5) is 4.79 Å². The second-order valence-corrected chi connectivity index (χ2v) is 13.7. The number of H-pyrrole nitrogens is 1. The molecule has 6 atom stereocenters. The molecular weight excluding hydrogens is 820 g/mol. The van der Waals surface area contributed by atoms with Crippen LogP contribution in [-0.4, -0.2) is 129 Å². The van der Waals surface area contributed by atoms with Crippen molar-refractivity contribution in [2.45, 2.75) is 76.5 Å². The van der Waals surface area contributed by atoms with Crippen molar-refractivity contribution in [2.75, 3.05) is 39.6 Å². The van der Waals surface area contributed by atoms with E-state index in [-0.39, 0.29) is 50.4 Å². The number of aryl methyl sites for hydroxylation is 1. The number of nitrogens with one attached hydrogen (secondary N) is 1. The van der Waals surface area contributed by atoms with Crippen molar-refractivity contribution >= 4 is 23.7 Å². The predicted molar refractivity (Wildman–Crippen MR) is 201 cm³/mol. The van der Waals surface area contributed by atoms with Crippen molar-refractivity contribution in [3.8, 4) is 22.5 Å². The van der Waals surface area contributed by atoms with Crippen LogP contribution in [0.15, 0.2) is 48.5 Å². The lowest BCUT2D eigenvalue weighted by molar-refractivity contribution is -0.790. The molecule has 3 unspecified atom stereocenters. The number of esters is 1. The maximum absolute atomic E-state index is 13.6. The first-order valence-electron chi connectivity index (χ1n) is 18.8. The third-order valence-corrected chi connectivity index (χ3v) is 9.54. The van der Waals surface area contributed by atoms with Crippen molar-refractivity contribution in [3.63, 3.8) is 0 Å². The minimum Gasteiger partial charge on any atom is -0.426 e. The summed E-state index contributed by atoms with van der Waals surface area (Å²) in [5, 5.41) is 33.1. The fourth-order valence-electron chi connectivity index (χ4n) is 6.57. The van der Waals surface area contributed by atoms with E-state index < -0.39 is 65.7 Å². The molecule has 60 heavy (non-hydrogen) atoms. The van der Waals surface area contributed by atoms with Gasteiger partial charge in [0.25, 0.3) is 10.2 Å². The van der Waals surface area contributed by atoms with Gasteiger partial charge in [0.05, 0.1) is 33.0 Å². The van der Waals surface area contributed by atoms with Gasteiger partial charge < -0.3 is 47.4 Å². The van der Waals surface area contributed by atoms with Crippen LogP contribution in [0.2, 0.25) is 5.15 Å².